The molecule has 1 aromatic heterocycles. The highest BCUT2D eigenvalue weighted by atomic mass is 32.1. The highest BCUT2D eigenvalue weighted by Crippen LogP contribution is 2.17. The van der Waals surface area contributed by atoms with Crippen molar-refractivity contribution in [2.45, 2.75) is 38.8 Å². The number of hydrogen-bond acceptors (Lipinski definition) is 3. The molecular weight excluding hydrogens is 208 g/mol. The van der Waals surface area contributed by atoms with Crippen molar-refractivity contribution in [2.24, 2.45) is 5.73 Å². The fourth-order valence-corrected chi connectivity index (χ4v) is 2.25. The van der Waals surface area contributed by atoms with Crippen LogP contribution < -0.4 is 11.1 Å². The van der Waals surface area contributed by atoms with Gasteiger partial charge >= 0.3 is 0 Å². The second-order valence-electron chi connectivity index (χ2n) is 3.59. The minimum absolute atomic E-state index is 0.260. The number of amides is 1. The molecule has 4 heteroatoms. The van der Waals surface area contributed by atoms with Crippen LogP contribution in [-0.4, -0.2) is 11.4 Å². The van der Waals surface area contributed by atoms with Gasteiger partial charge in [0, 0.05) is 11.4 Å². The average Bonchev–Trinajstić information content (AvgIpc) is 2.72. The molecule has 0 spiro atoms. The van der Waals surface area contributed by atoms with E-state index in [-0.39, 0.29) is 5.91 Å². The zero-order valence-electron chi connectivity index (χ0n) is 9.25. The van der Waals surface area contributed by atoms with E-state index in [1.54, 1.807) is 11.3 Å². The van der Waals surface area contributed by atoms with Gasteiger partial charge in [0.25, 0.3) is 0 Å². The number of nitrogens with one attached hydrogen (secondary N) is 1. The molecule has 84 valence electrons. The summed E-state index contributed by atoms with van der Waals surface area (Å²) in [6.07, 6.45) is 1.45. The molecule has 15 heavy (non-hydrogen) atoms. The van der Waals surface area contributed by atoms with Crippen molar-refractivity contribution in [3.63, 3.8) is 0 Å². The highest BCUT2D eigenvalue weighted by molar-refractivity contribution is 7.09. The van der Waals surface area contributed by atoms with Crippen molar-refractivity contribution in [1.82, 2.24) is 5.32 Å². The van der Waals surface area contributed by atoms with Gasteiger partial charge in [-0.1, -0.05) is 19.9 Å². The monoisotopic (exact) mass is 226 g/mol. The van der Waals surface area contributed by atoms with E-state index in [2.05, 4.69) is 11.4 Å². The molecule has 0 saturated carbocycles. The molecule has 1 rings (SSSR count). The molecule has 0 aliphatic heterocycles. The Labute approximate surface area is 94.7 Å². The van der Waals surface area contributed by atoms with Crippen LogP contribution in [0.4, 0.5) is 0 Å². The molecule has 0 fully saturated rings. The molecule has 0 aliphatic rings. The summed E-state index contributed by atoms with van der Waals surface area (Å²) in [5.74, 6) is -0.260. The largest absolute Gasteiger partial charge is 0.368 e. The molecule has 0 saturated heterocycles. The summed E-state index contributed by atoms with van der Waals surface area (Å²) >= 11 is 1.68. The number of nitrogens with two attached hydrogens (primary N) is 1. The second-order valence-corrected chi connectivity index (χ2v) is 4.62. The Morgan fingerprint density at radius 2 is 2.20 bits per heavy atom. The summed E-state index contributed by atoms with van der Waals surface area (Å²) in [4.78, 5) is 12.6. The van der Waals surface area contributed by atoms with Crippen LogP contribution in [0.3, 0.4) is 0 Å². The van der Waals surface area contributed by atoms with Crippen molar-refractivity contribution in [3.8, 4) is 0 Å². The van der Waals surface area contributed by atoms with E-state index in [0.29, 0.717) is 6.54 Å². The SMILES string of the molecule is CCC(CC)(NCc1cccs1)C(N)=O. The van der Waals surface area contributed by atoms with Crippen LogP contribution in [0.1, 0.15) is 31.6 Å². The van der Waals surface area contributed by atoms with E-state index in [1.165, 1.54) is 4.88 Å². The normalized spacial score (nSPS) is 11.6. The number of hydrogen-bond donors (Lipinski definition) is 2. The maximum atomic E-state index is 11.4. The number of carbonyl (C=O) groups excluding carboxylic acids is 1. The van der Waals surface area contributed by atoms with Crippen molar-refractivity contribution in [1.29, 1.82) is 0 Å². The van der Waals surface area contributed by atoms with Gasteiger partial charge in [-0.3, -0.25) is 10.1 Å². The first-order chi connectivity index (χ1) is 7.14. The third kappa shape index (κ3) is 2.79. The standard InChI is InChI=1S/C11H18N2OS/c1-3-11(4-2,10(12)14)13-8-9-6-5-7-15-9/h5-7,13H,3-4,8H2,1-2H3,(H2,12,14). The van der Waals surface area contributed by atoms with E-state index in [1.807, 2.05) is 25.3 Å². The zero-order chi connectivity index (χ0) is 11.3. The van der Waals surface area contributed by atoms with E-state index in [9.17, 15) is 4.79 Å². The van der Waals surface area contributed by atoms with E-state index < -0.39 is 5.54 Å². The quantitative estimate of drug-likeness (QED) is 0.778. The van der Waals surface area contributed by atoms with Crippen LogP contribution in [0.5, 0.6) is 0 Å². The van der Waals surface area contributed by atoms with Crippen molar-refractivity contribution >= 4 is 17.2 Å². The van der Waals surface area contributed by atoms with Crippen LogP contribution in [0.2, 0.25) is 0 Å². The Kier molecular flexibility index (Phi) is 4.29. The molecule has 1 aromatic rings. The lowest BCUT2D eigenvalue weighted by atomic mass is 9.92. The lowest BCUT2D eigenvalue weighted by Gasteiger charge is -2.29. The van der Waals surface area contributed by atoms with Crippen LogP contribution in [0.15, 0.2) is 17.5 Å². The Morgan fingerprint density at radius 3 is 2.60 bits per heavy atom. The molecule has 0 bridgehead atoms. The molecule has 1 amide bonds. The maximum absolute atomic E-state index is 11.4. The van der Waals surface area contributed by atoms with Gasteiger partial charge in [0.2, 0.25) is 5.91 Å². The Hall–Kier alpha value is -0.870. The molecule has 0 aliphatic carbocycles. The van der Waals surface area contributed by atoms with Gasteiger partial charge in [-0.2, -0.15) is 0 Å². The molecule has 0 aromatic carbocycles. The van der Waals surface area contributed by atoms with Crippen LogP contribution in [0, 0.1) is 0 Å². The second kappa shape index (κ2) is 5.28. The van der Waals surface area contributed by atoms with Gasteiger partial charge in [-0.05, 0) is 24.3 Å². The van der Waals surface area contributed by atoms with Gasteiger partial charge in [0.1, 0.15) is 0 Å². The molecule has 3 N–H and O–H groups in total. The smallest absolute Gasteiger partial charge is 0.237 e. The first kappa shape index (κ1) is 12.2. The van der Waals surface area contributed by atoms with E-state index in [4.69, 9.17) is 5.73 Å². The topological polar surface area (TPSA) is 55.1 Å². The predicted molar refractivity (Wildman–Crippen MR) is 63.7 cm³/mol. The Balaban J connectivity index is 2.63. The van der Waals surface area contributed by atoms with Gasteiger partial charge in [0.05, 0.1) is 5.54 Å². The van der Waals surface area contributed by atoms with E-state index in [0.717, 1.165) is 12.8 Å². The number of rotatable bonds is 6. The lowest BCUT2D eigenvalue weighted by Crippen LogP contribution is -2.54. The molecule has 0 unspecified atom stereocenters. The fraction of sp³-hybridized carbons (Fsp3) is 0.545. The van der Waals surface area contributed by atoms with Gasteiger partial charge in [-0.25, -0.2) is 0 Å². The van der Waals surface area contributed by atoms with Gasteiger partial charge < -0.3 is 5.73 Å². The molecule has 3 nitrogen and oxygen atoms in total. The Bertz CT molecular complexity index is 304. The first-order valence-electron chi connectivity index (χ1n) is 5.22. The van der Waals surface area contributed by atoms with Crippen molar-refractivity contribution in [3.05, 3.63) is 22.4 Å². The number of primary amides is 1. The minimum atomic E-state index is -0.552. The molecular formula is C11H18N2OS. The van der Waals surface area contributed by atoms with Crippen LogP contribution in [0.25, 0.3) is 0 Å². The first-order valence-corrected chi connectivity index (χ1v) is 6.10. The summed E-state index contributed by atoms with van der Waals surface area (Å²) in [5, 5.41) is 5.30. The van der Waals surface area contributed by atoms with E-state index >= 15 is 0 Å². The number of thiophene rings is 1. The van der Waals surface area contributed by atoms with Gasteiger partial charge in [-0.15, -0.1) is 11.3 Å². The lowest BCUT2D eigenvalue weighted by molar-refractivity contribution is -0.124. The van der Waals surface area contributed by atoms with Gasteiger partial charge in [0.15, 0.2) is 0 Å². The maximum Gasteiger partial charge on any atom is 0.237 e. The average molecular weight is 226 g/mol. The van der Waals surface area contributed by atoms with Crippen molar-refractivity contribution < 1.29 is 4.79 Å². The molecule has 1 heterocycles. The zero-order valence-corrected chi connectivity index (χ0v) is 10.1. The third-order valence-electron chi connectivity index (χ3n) is 2.86. The summed E-state index contributed by atoms with van der Waals surface area (Å²) in [7, 11) is 0. The molecule has 0 atom stereocenters. The predicted octanol–water partition coefficient (Wildman–Crippen LogP) is 1.88. The highest BCUT2D eigenvalue weighted by Gasteiger charge is 2.31. The Morgan fingerprint density at radius 1 is 1.53 bits per heavy atom. The third-order valence-corrected chi connectivity index (χ3v) is 3.74. The van der Waals surface area contributed by atoms with Crippen LogP contribution >= 0.6 is 11.3 Å². The summed E-state index contributed by atoms with van der Waals surface area (Å²) < 4.78 is 0. The minimum Gasteiger partial charge on any atom is -0.368 e. The van der Waals surface area contributed by atoms with Crippen LogP contribution in [-0.2, 0) is 11.3 Å². The summed E-state index contributed by atoms with van der Waals surface area (Å²) in [5.41, 5.74) is 4.88. The fourth-order valence-electron chi connectivity index (χ4n) is 1.61. The number of carbonyl (C=O) groups is 1. The molecule has 0 radical (unpaired) electrons. The summed E-state index contributed by atoms with van der Waals surface area (Å²) in [6, 6.07) is 4.06. The summed E-state index contributed by atoms with van der Waals surface area (Å²) in [6.45, 7) is 4.67. The van der Waals surface area contributed by atoms with Crippen molar-refractivity contribution in [2.75, 3.05) is 0 Å².